The number of hydrogen-bond acceptors (Lipinski definition) is 3. The molecule has 0 aliphatic rings. The number of carbonyl (C=O) groups excluding carboxylic acids is 1. The highest BCUT2D eigenvalue weighted by Gasteiger charge is 2.29. The SMILES string of the molecule is CCC(NC(=O)[C@@H](N)C(C)(C)C)c1ccccc1OC. The molecule has 0 radical (unpaired) electrons. The van der Waals surface area contributed by atoms with Crippen molar-refractivity contribution in [2.75, 3.05) is 7.11 Å². The van der Waals surface area contributed by atoms with Gasteiger partial charge in [0.25, 0.3) is 0 Å². The topological polar surface area (TPSA) is 64.4 Å². The number of nitrogens with two attached hydrogens (primary N) is 1. The molecule has 1 unspecified atom stereocenters. The van der Waals surface area contributed by atoms with E-state index in [4.69, 9.17) is 10.5 Å². The molecule has 112 valence electrons. The normalized spacial score (nSPS) is 14.5. The number of hydrogen-bond donors (Lipinski definition) is 2. The minimum atomic E-state index is -0.536. The van der Waals surface area contributed by atoms with Gasteiger partial charge in [0.2, 0.25) is 5.91 Å². The summed E-state index contributed by atoms with van der Waals surface area (Å²) in [6.45, 7) is 7.91. The predicted octanol–water partition coefficient (Wildman–Crippen LogP) is 2.64. The largest absolute Gasteiger partial charge is 0.496 e. The van der Waals surface area contributed by atoms with Gasteiger partial charge in [-0.25, -0.2) is 0 Å². The third-order valence-corrected chi connectivity index (χ3v) is 3.45. The monoisotopic (exact) mass is 278 g/mol. The zero-order valence-corrected chi connectivity index (χ0v) is 13.1. The number of rotatable bonds is 5. The lowest BCUT2D eigenvalue weighted by molar-refractivity contribution is -0.125. The van der Waals surface area contributed by atoms with E-state index < -0.39 is 6.04 Å². The van der Waals surface area contributed by atoms with Gasteiger partial charge < -0.3 is 15.8 Å². The van der Waals surface area contributed by atoms with Gasteiger partial charge in [-0.15, -0.1) is 0 Å². The Kier molecular flexibility index (Phi) is 5.57. The molecule has 4 nitrogen and oxygen atoms in total. The maximum absolute atomic E-state index is 12.3. The van der Waals surface area contributed by atoms with Crippen LogP contribution in [0.2, 0.25) is 0 Å². The van der Waals surface area contributed by atoms with Crippen LogP contribution in [-0.4, -0.2) is 19.1 Å². The Balaban J connectivity index is 2.90. The lowest BCUT2D eigenvalue weighted by Crippen LogP contribution is -2.49. The molecule has 2 atom stereocenters. The second-order valence-electron chi connectivity index (χ2n) is 6.06. The van der Waals surface area contributed by atoms with Gasteiger partial charge in [0.15, 0.2) is 0 Å². The number of nitrogens with one attached hydrogen (secondary N) is 1. The van der Waals surface area contributed by atoms with Gasteiger partial charge in [0.05, 0.1) is 19.2 Å². The average Bonchev–Trinajstić information content (AvgIpc) is 2.42. The molecule has 1 aromatic rings. The fraction of sp³-hybridized carbons (Fsp3) is 0.562. The van der Waals surface area contributed by atoms with Crippen LogP contribution < -0.4 is 15.8 Å². The van der Waals surface area contributed by atoms with Crippen LogP contribution in [0.3, 0.4) is 0 Å². The molecule has 0 fully saturated rings. The van der Waals surface area contributed by atoms with E-state index >= 15 is 0 Å². The maximum atomic E-state index is 12.3. The van der Waals surface area contributed by atoms with E-state index in [9.17, 15) is 4.79 Å². The summed E-state index contributed by atoms with van der Waals surface area (Å²) >= 11 is 0. The molecule has 0 aliphatic carbocycles. The summed E-state index contributed by atoms with van der Waals surface area (Å²) in [4.78, 5) is 12.3. The highest BCUT2D eigenvalue weighted by atomic mass is 16.5. The van der Waals surface area contributed by atoms with Crippen molar-refractivity contribution < 1.29 is 9.53 Å². The van der Waals surface area contributed by atoms with Gasteiger partial charge in [0.1, 0.15) is 5.75 Å². The van der Waals surface area contributed by atoms with Crippen LogP contribution in [0, 0.1) is 5.41 Å². The first kappa shape index (κ1) is 16.5. The predicted molar refractivity (Wildman–Crippen MR) is 81.6 cm³/mol. The lowest BCUT2D eigenvalue weighted by atomic mass is 9.86. The fourth-order valence-corrected chi connectivity index (χ4v) is 2.01. The van der Waals surface area contributed by atoms with Crippen molar-refractivity contribution in [3.05, 3.63) is 29.8 Å². The van der Waals surface area contributed by atoms with Crippen LogP contribution in [-0.2, 0) is 4.79 Å². The Morgan fingerprint density at radius 2 is 1.95 bits per heavy atom. The van der Waals surface area contributed by atoms with Gasteiger partial charge >= 0.3 is 0 Å². The molecule has 4 heteroatoms. The van der Waals surface area contributed by atoms with Gasteiger partial charge in [0, 0.05) is 5.56 Å². The molecule has 0 heterocycles. The van der Waals surface area contributed by atoms with Crippen molar-refractivity contribution in [2.45, 2.75) is 46.2 Å². The third-order valence-electron chi connectivity index (χ3n) is 3.45. The third kappa shape index (κ3) is 3.97. The van der Waals surface area contributed by atoms with Crippen molar-refractivity contribution in [2.24, 2.45) is 11.1 Å². The van der Waals surface area contributed by atoms with Crippen molar-refractivity contribution in [1.29, 1.82) is 0 Å². The summed E-state index contributed by atoms with van der Waals surface area (Å²) in [5.74, 6) is 0.652. The summed E-state index contributed by atoms with van der Waals surface area (Å²) in [5.41, 5.74) is 6.72. The number of benzene rings is 1. The van der Waals surface area contributed by atoms with E-state index in [1.165, 1.54) is 0 Å². The standard InChI is InChI=1S/C16H26N2O2/c1-6-12(11-9-7-8-10-13(11)20-5)18-15(19)14(17)16(2,3)4/h7-10,12,14H,6,17H2,1-5H3,(H,18,19)/t12?,14-/m1/s1. The van der Waals surface area contributed by atoms with Crippen LogP contribution in [0.25, 0.3) is 0 Å². The Morgan fingerprint density at radius 3 is 2.45 bits per heavy atom. The number of carbonyl (C=O) groups is 1. The lowest BCUT2D eigenvalue weighted by Gasteiger charge is -2.28. The zero-order valence-electron chi connectivity index (χ0n) is 13.1. The quantitative estimate of drug-likeness (QED) is 0.870. The van der Waals surface area contributed by atoms with Crippen molar-refractivity contribution >= 4 is 5.91 Å². The zero-order chi connectivity index (χ0) is 15.3. The molecule has 0 saturated heterocycles. The molecule has 0 saturated carbocycles. The van der Waals surface area contributed by atoms with E-state index in [2.05, 4.69) is 5.32 Å². The second kappa shape index (κ2) is 6.75. The second-order valence-corrected chi connectivity index (χ2v) is 6.06. The van der Waals surface area contributed by atoms with E-state index in [1.54, 1.807) is 7.11 Å². The minimum absolute atomic E-state index is 0.0907. The number of ether oxygens (including phenoxy) is 1. The number of para-hydroxylation sites is 1. The van der Waals surface area contributed by atoms with Crippen LogP contribution in [0.5, 0.6) is 5.75 Å². The molecule has 0 aliphatic heterocycles. The van der Waals surface area contributed by atoms with Crippen LogP contribution in [0.15, 0.2) is 24.3 Å². The Hall–Kier alpha value is -1.55. The van der Waals surface area contributed by atoms with E-state index in [0.29, 0.717) is 0 Å². The molecule has 20 heavy (non-hydrogen) atoms. The van der Waals surface area contributed by atoms with Gasteiger partial charge in [-0.2, -0.15) is 0 Å². The molecule has 0 bridgehead atoms. The summed E-state index contributed by atoms with van der Waals surface area (Å²) in [6, 6.07) is 7.09. The minimum Gasteiger partial charge on any atom is -0.496 e. The summed E-state index contributed by atoms with van der Waals surface area (Å²) in [6.07, 6.45) is 0.781. The van der Waals surface area contributed by atoms with E-state index in [1.807, 2.05) is 52.0 Å². The van der Waals surface area contributed by atoms with Crippen molar-refractivity contribution in [1.82, 2.24) is 5.32 Å². The molecular weight excluding hydrogens is 252 g/mol. The highest BCUT2D eigenvalue weighted by molar-refractivity contribution is 5.82. The van der Waals surface area contributed by atoms with Gasteiger partial charge in [-0.1, -0.05) is 45.9 Å². The first-order chi connectivity index (χ1) is 9.31. The summed E-state index contributed by atoms with van der Waals surface area (Å²) in [5, 5.41) is 3.02. The molecule has 3 N–H and O–H groups in total. The molecular formula is C16H26N2O2. The summed E-state index contributed by atoms with van der Waals surface area (Å²) in [7, 11) is 1.63. The van der Waals surface area contributed by atoms with Crippen LogP contribution >= 0.6 is 0 Å². The molecule has 1 amide bonds. The van der Waals surface area contributed by atoms with Crippen LogP contribution in [0.4, 0.5) is 0 Å². The van der Waals surface area contributed by atoms with E-state index in [0.717, 1.165) is 17.7 Å². The first-order valence-electron chi connectivity index (χ1n) is 7.00. The van der Waals surface area contributed by atoms with Crippen molar-refractivity contribution in [3.8, 4) is 5.75 Å². The fourth-order valence-electron chi connectivity index (χ4n) is 2.01. The molecule has 1 rings (SSSR count). The Bertz CT molecular complexity index is 452. The van der Waals surface area contributed by atoms with Crippen molar-refractivity contribution in [3.63, 3.8) is 0 Å². The van der Waals surface area contributed by atoms with Gasteiger partial charge in [-0.3, -0.25) is 4.79 Å². The van der Waals surface area contributed by atoms with E-state index in [-0.39, 0.29) is 17.4 Å². The van der Waals surface area contributed by atoms with Crippen LogP contribution in [0.1, 0.15) is 45.7 Å². The highest BCUT2D eigenvalue weighted by Crippen LogP contribution is 2.27. The maximum Gasteiger partial charge on any atom is 0.237 e. The first-order valence-corrected chi connectivity index (χ1v) is 7.00. The average molecular weight is 278 g/mol. The number of methoxy groups -OCH3 is 1. The Labute approximate surface area is 121 Å². The Morgan fingerprint density at radius 1 is 1.35 bits per heavy atom. The van der Waals surface area contributed by atoms with Gasteiger partial charge in [-0.05, 0) is 17.9 Å². The number of amides is 1. The summed E-state index contributed by atoms with van der Waals surface area (Å²) < 4.78 is 5.35. The molecule has 1 aromatic carbocycles. The molecule has 0 spiro atoms. The smallest absolute Gasteiger partial charge is 0.237 e. The molecule has 0 aromatic heterocycles.